The second kappa shape index (κ2) is 7.04. The molecule has 0 bridgehead atoms. The van der Waals surface area contributed by atoms with Crippen LogP contribution in [0.1, 0.15) is 11.1 Å². The van der Waals surface area contributed by atoms with E-state index >= 15 is 0 Å². The number of benzene rings is 2. The highest BCUT2D eigenvalue weighted by molar-refractivity contribution is 9.10. The molecular weight excluding hydrogens is 373 g/mol. The number of halogens is 4. The summed E-state index contributed by atoms with van der Waals surface area (Å²) >= 11 is 3.39. The number of nitrogens with zero attached hydrogens (tertiary/aromatic N) is 1. The summed E-state index contributed by atoms with van der Waals surface area (Å²) in [5, 5.41) is 2.47. The minimum Gasteiger partial charge on any atom is -0.323 e. The lowest BCUT2D eigenvalue weighted by atomic mass is 10.2. The maximum Gasteiger partial charge on any atom is 0.416 e. The second-order valence-electron chi connectivity index (χ2n) is 4.96. The zero-order valence-corrected chi connectivity index (χ0v) is 13.8. The van der Waals surface area contributed by atoms with Crippen molar-refractivity contribution < 1.29 is 18.0 Å². The Kier molecular flexibility index (Phi) is 5.30. The number of rotatable bonds is 3. The van der Waals surface area contributed by atoms with Crippen molar-refractivity contribution >= 4 is 27.6 Å². The molecule has 0 aliphatic carbocycles. The Bertz CT molecular complexity index is 704. The Morgan fingerprint density at radius 2 is 1.87 bits per heavy atom. The highest BCUT2D eigenvalue weighted by atomic mass is 79.9. The van der Waals surface area contributed by atoms with Gasteiger partial charge in [0.05, 0.1) is 5.56 Å². The number of amides is 2. The summed E-state index contributed by atoms with van der Waals surface area (Å²) in [4.78, 5) is 13.5. The van der Waals surface area contributed by atoms with Crippen molar-refractivity contribution in [3.8, 4) is 0 Å². The van der Waals surface area contributed by atoms with Crippen LogP contribution in [0.4, 0.5) is 23.7 Å². The van der Waals surface area contributed by atoms with Crippen molar-refractivity contribution in [3.63, 3.8) is 0 Å². The van der Waals surface area contributed by atoms with E-state index in [2.05, 4.69) is 21.2 Å². The first kappa shape index (κ1) is 17.3. The highest BCUT2D eigenvalue weighted by Crippen LogP contribution is 2.30. The average Bonchev–Trinajstić information content (AvgIpc) is 2.49. The molecule has 2 aromatic rings. The number of alkyl halides is 3. The van der Waals surface area contributed by atoms with Gasteiger partial charge in [0, 0.05) is 23.8 Å². The second-order valence-corrected chi connectivity index (χ2v) is 5.81. The van der Waals surface area contributed by atoms with E-state index in [9.17, 15) is 18.0 Å². The fourth-order valence-corrected chi connectivity index (χ4v) is 2.36. The minimum atomic E-state index is -4.44. The first-order valence-electron chi connectivity index (χ1n) is 6.70. The third-order valence-electron chi connectivity index (χ3n) is 3.15. The number of hydrogen-bond acceptors (Lipinski definition) is 1. The molecule has 7 heteroatoms. The van der Waals surface area contributed by atoms with Crippen LogP contribution < -0.4 is 5.32 Å². The van der Waals surface area contributed by atoms with Crippen LogP contribution in [-0.2, 0) is 12.7 Å². The monoisotopic (exact) mass is 386 g/mol. The van der Waals surface area contributed by atoms with Gasteiger partial charge in [-0.3, -0.25) is 0 Å². The molecular formula is C16H14BrF3N2O. The van der Waals surface area contributed by atoms with Crippen molar-refractivity contribution in [2.75, 3.05) is 12.4 Å². The molecule has 2 rings (SSSR count). The van der Waals surface area contributed by atoms with Crippen LogP contribution in [0.2, 0.25) is 0 Å². The van der Waals surface area contributed by atoms with Gasteiger partial charge in [-0.25, -0.2) is 4.79 Å². The summed E-state index contributed by atoms with van der Waals surface area (Å²) in [5.41, 5.74) is 0.196. The summed E-state index contributed by atoms with van der Waals surface area (Å²) in [6, 6.07) is 11.5. The molecule has 0 aromatic heterocycles. The van der Waals surface area contributed by atoms with E-state index in [1.165, 1.54) is 17.0 Å². The summed E-state index contributed by atoms with van der Waals surface area (Å²) < 4.78 is 38.9. The third kappa shape index (κ3) is 4.72. The molecule has 0 unspecified atom stereocenters. The standard InChI is InChI=1S/C16H14BrF3N2O/c1-22(10-11-5-2-3-8-14(11)17)15(23)21-13-7-4-6-12(9-13)16(18,19)20/h2-9H,10H2,1H3,(H,21,23). The van der Waals surface area contributed by atoms with Gasteiger partial charge in [0.1, 0.15) is 0 Å². The molecule has 0 saturated heterocycles. The van der Waals surface area contributed by atoms with E-state index in [1.54, 1.807) is 7.05 Å². The molecule has 3 nitrogen and oxygen atoms in total. The van der Waals surface area contributed by atoms with Crippen LogP contribution in [0.25, 0.3) is 0 Å². The Hall–Kier alpha value is -2.02. The third-order valence-corrected chi connectivity index (χ3v) is 3.93. The van der Waals surface area contributed by atoms with Crippen molar-refractivity contribution in [2.24, 2.45) is 0 Å². The number of nitrogens with one attached hydrogen (secondary N) is 1. The van der Waals surface area contributed by atoms with Crippen LogP contribution >= 0.6 is 15.9 Å². The molecule has 0 radical (unpaired) electrons. The first-order valence-corrected chi connectivity index (χ1v) is 7.49. The van der Waals surface area contributed by atoms with Gasteiger partial charge in [-0.15, -0.1) is 0 Å². The topological polar surface area (TPSA) is 32.3 Å². The molecule has 0 fully saturated rings. The molecule has 2 amide bonds. The molecule has 23 heavy (non-hydrogen) atoms. The molecule has 0 spiro atoms. The Morgan fingerprint density at radius 3 is 2.52 bits per heavy atom. The van der Waals surface area contributed by atoms with Gasteiger partial charge in [0.2, 0.25) is 0 Å². The van der Waals surface area contributed by atoms with Crippen LogP contribution in [-0.4, -0.2) is 18.0 Å². The van der Waals surface area contributed by atoms with Gasteiger partial charge < -0.3 is 10.2 Å². The summed E-state index contributed by atoms with van der Waals surface area (Å²) in [7, 11) is 1.57. The molecule has 0 atom stereocenters. The van der Waals surface area contributed by atoms with E-state index in [0.29, 0.717) is 6.54 Å². The summed E-state index contributed by atoms with van der Waals surface area (Å²) in [6.45, 7) is 0.326. The van der Waals surface area contributed by atoms with E-state index < -0.39 is 17.8 Å². The summed E-state index contributed by atoms with van der Waals surface area (Å²) in [6.07, 6.45) is -4.44. The first-order chi connectivity index (χ1) is 10.8. The van der Waals surface area contributed by atoms with E-state index in [1.807, 2.05) is 24.3 Å². The maximum atomic E-state index is 12.7. The van der Waals surface area contributed by atoms with E-state index in [4.69, 9.17) is 0 Å². The molecule has 0 saturated carbocycles. The van der Waals surface area contributed by atoms with Crippen LogP contribution in [0.5, 0.6) is 0 Å². The number of hydrogen-bond donors (Lipinski definition) is 1. The van der Waals surface area contributed by atoms with Crippen LogP contribution in [0, 0.1) is 0 Å². The lowest BCUT2D eigenvalue weighted by Crippen LogP contribution is -2.31. The lowest BCUT2D eigenvalue weighted by Gasteiger charge is -2.19. The summed E-state index contributed by atoms with van der Waals surface area (Å²) in [5.74, 6) is 0. The van der Waals surface area contributed by atoms with Gasteiger partial charge in [-0.2, -0.15) is 13.2 Å². The number of carbonyl (C=O) groups is 1. The lowest BCUT2D eigenvalue weighted by molar-refractivity contribution is -0.137. The van der Waals surface area contributed by atoms with Gasteiger partial charge in [0.15, 0.2) is 0 Å². The molecule has 0 heterocycles. The maximum absolute atomic E-state index is 12.7. The Morgan fingerprint density at radius 1 is 1.17 bits per heavy atom. The number of carbonyl (C=O) groups excluding carboxylic acids is 1. The van der Waals surface area contributed by atoms with Gasteiger partial charge in [-0.05, 0) is 29.8 Å². The largest absolute Gasteiger partial charge is 0.416 e. The normalized spacial score (nSPS) is 11.2. The smallest absolute Gasteiger partial charge is 0.323 e. The molecule has 2 aromatic carbocycles. The fourth-order valence-electron chi connectivity index (χ4n) is 1.95. The van der Waals surface area contributed by atoms with Crippen molar-refractivity contribution in [1.82, 2.24) is 4.90 Å². The number of urea groups is 1. The zero-order valence-electron chi connectivity index (χ0n) is 12.2. The predicted molar refractivity (Wildman–Crippen MR) is 86.1 cm³/mol. The molecule has 0 aliphatic heterocycles. The molecule has 0 aliphatic rings. The predicted octanol–water partition coefficient (Wildman–Crippen LogP) is 5.13. The van der Waals surface area contributed by atoms with Crippen LogP contribution in [0.15, 0.2) is 53.0 Å². The Labute approximate surface area is 140 Å². The zero-order chi connectivity index (χ0) is 17.0. The fraction of sp³-hybridized carbons (Fsp3) is 0.188. The van der Waals surface area contributed by atoms with Gasteiger partial charge in [-0.1, -0.05) is 40.2 Å². The van der Waals surface area contributed by atoms with Gasteiger partial charge in [0.25, 0.3) is 0 Å². The molecule has 1 N–H and O–H groups in total. The SMILES string of the molecule is CN(Cc1ccccc1Br)C(=O)Nc1cccc(C(F)(F)F)c1. The van der Waals surface area contributed by atoms with Crippen molar-refractivity contribution in [1.29, 1.82) is 0 Å². The molecule has 122 valence electrons. The van der Waals surface area contributed by atoms with Crippen molar-refractivity contribution in [3.05, 3.63) is 64.1 Å². The quantitative estimate of drug-likeness (QED) is 0.778. The van der Waals surface area contributed by atoms with E-state index in [0.717, 1.165) is 22.2 Å². The average molecular weight is 387 g/mol. The Balaban J connectivity index is 2.06. The van der Waals surface area contributed by atoms with Crippen molar-refractivity contribution in [2.45, 2.75) is 12.7 Å². The minimum absolute atomic E-state index is 0.101. The number of anilines is 1. The van der Waals surface area contributed by atoms with Gasteiger partial charge >= 0.3 is 12.2 Å². The highest BCUT2D eigenvalue weighted by Gasteiger charge is 2.30. The van der Waals surface area contributed by atoms with Crippen LogP contribution in [0.3, 0.4) is 0 Å². The van der Waals surface area contributed by atoms with E-state index in [-0.39, 0.29) is 5.69 Å².